The van der Waals surface area contributed by atoms with E-state index < -0.39 is 0 Å². The van der Waals surface area contributed by atoms with Crippen molar-refractivity contribution in [2.45, 2.75) is 0 Å². The van der Waals surface area contributed by atoms with Crippen molar-refractivity contribution in [1.82, 2.24) is 4.57 Å². The summed E-state index contributed by atoms with van der Waals surface area (Å²) in [6, 6.07) is 65.9. The fourth-order valence-electron chi connectivity index (χ4n) is 9.21. The largest absolute Gasteiger partial charge is 0.453 e. The van der Waals surface area contributed by atoms with Crippen LogP contribution in [0.3, 0.4) is 0 Å². The number of benzene rings is 8. The number of aromatic nitrogens is 1. The summed E-state index contributed by atoms with van der Waals surface area (Å²) in [6.07, 6.45) is 0. The first-order valence-corrected chi connectivity index (χ1v) is 18.2. The number of nitrogens with zero attached hydrogens (tertiary/aromatic N) is 3. The van der Waals surface area contributed by atoms with Crippen molar-refractivity contribution < 1.29 is 4.74 Å². The van der Waals surface area contributed by atoms with Gasteiger partial charge in [-0.2, -0.15) is 0 Å². The summed E-state index contributed by atoms with van der Waals surface area (Å²) in [5.41, 5.74) is 16.9. The van der Waals surface area contributed by atoms with E-state index in [4.69, 9.17) is 4.74 Å². The van der Waals surface area contributed by atoms with E-state index in [-0.39, 0.29) is 6.71 Å². The Hall–Kier alpha value is -6.98. The molecule has 8 aromatic carbocycles. The molecule has 0 bridgehead atoms. The highest BCUT2D eigenvalue weighted by atomic mass is 16.5. The van der Waals surface area contributed by atoms with Gasteiger partial charge < -0.3 is 19.1 Å². The van der Waals surface area contributed by atoms with Gasteiger partial charge in [0.2, 0.25) is 0 Å². The second-order valence-electron chi connectivity index (χ2n) is 14.1. The van der Waals surface area contributed by atoms with Crippen LogP contribution in [0, 0.1) is 0 Å². The van der Waals surface area contributed by atoms with Gasteiger partial charge in [-0.3, -0.25) is 0 Å². The summed E-state index contributed by atoms with van der Waals surface area (Å²) in [4.78, 5) is 4.78. The molecule has 0 fully saturated rings. The zero-order chi connectivity index (χ0) is 34.6. The first-order valence-electron chi connectivity index (χ1n) is 18.2. The SMILES string of the molecule is c1cc(-c2cccc(N3c4ccccc4B4c5c3cccc5-n3c5ccccc5c5cccc4c53)c2)cc(N2c3ccccc3Oc3ccccc32)c1. The summed E-state index contributed by atoms with van der Waals surface area (Å²) >= 11 is 0. The molecule has 0 N–H and O–H groups in total. The molecule has 9 aromatic rings. The highest BCUT2D eigenvalue weighted by Crippen LogP contribution is 2.50. The molecular formula is C48H30BN3O. The van der Waals surface area contributed by atoms with Crippen LogP contribution in [0.25, 0.3) is 38.6 Å². The molecule has 3 aliphatic rings. The van der Waals surface area contributed by atoms with Crippen molar-refractivity contribution in [3.8, 4) is 28.3 Å². The number of rotatable bonds is 3. The van der Waals surface area contributed by atoms with E-state index in [1.165, 1.54) is 55.3 Å². The maximum absolute atomic E-state index is 6.32. The van der Waals surface area contributed by atoms with Crippen LogP contribution in [-0.4, -0.2) is 11.3 Å². The minimum absolute atomic E-state index is 0.133. The lowest BCUT2D eigenvalue weighted by molar-refractivity contribution is 0.477. The molecule has 0 atom stereocenters. The predicted molar refractivity (Wildman–Crippen MR) is 220 cm³/mol. The van der Waals surface area contributed by atoms with E-state index >= 15 is 0 Å². The third-order valence-electron chi connectivity index (χ3n) is 11.3. The maximum atomic E-state index is 6.32. The second kappa shape index (κ2) is 10.8. The molecular weight excluding hydrogens is 645 g/mol. The van der Waals surface area contributed by atoms with Crippen LogP contribution in [0.1, 0.15) is 0 Å². The Labute approximate surface area is 307 Å². The minimum atomic E-state index is 0.133. The lowest BCUT2D eigenvalue weighted by atomic mass is 9.34. The molecule has 246 valence electrons. The Morgan fingerprint density at radius 1 is 0.396 bits per heavy atom. The van der Waals surface area contributed by atoms with Crippen molar-refractivity contribution in [2.24, 2.45) is 0 Å². The molecule has 0 saturated carbocycles. The Kier molecular flexibility index (Phi) is 5.83. The van der Waals surface area contributed by atoms with E-state index in [2.05, 4.69) is 172 Å². The van der Waals surface area contributed by atoms with Crippen LogP contribution in [0.15, 0.2) is 182 Å². The van der Waals surface area contributed by atoms with Gasteiger partial charge in [0.05, 0.1) is 16.9 Å². The zero-order valence-electron chi connectivity index (χ0n) is 28.6. The average molecular weight is 676 g/mol. The van der Waals surface area contributed by atoms with Crippen molar-refractivity contribution in [3.63, 3.8) is 0 Å². The molecule has 0 amide bonds. The van der Waals surface area contributed by atoms with Gasteiger partial charge in [-0.05, 0) is 100 Å². The molecule has 4 heterocycles. The Morgan fingerprint density at radius 3 is 1.68 bits per heavy atom. The normalized spacial score (nSPS) is 13.3. The first kappa shape index (κ1) is 28.7. The molecule has 4 nitrogen and oxygen atoms in total. The van der Waals surface area contributed by atoms with Gasteiger partial charge in [0, 0.05) is 44.7 Å². The quantitative estimate of drug-likeness (QED) is 0.174. The number of hydrogen-bond acceptors (Lipinski definition) is 3. The number of hydrogen-bond donors (Lipinski definition) is 0. The molecule has 5 heteroatoms. The Morgan fingerprint density at radius 2 is 0.925 bits per heavy atom. The van der Waals surface area contributed by atoms with Crippen LogP contribution in [0.4, 0.5) is 34.1 Å². The number of anilines is 6. The number of para-hydroxylation sites is 7. The summed E-state index contributed by atoms with van der Waals surface area (Å²) in [7, 11) is 0. The van der Waals surface area contributed by atoms with Gasteiger partial charge >= 0.3 is 0 Å². The Balaban J connectivity index is 1.03. The lowest BCUT2D eigenvalue weighted by Crippen LogP contribution is -2.60. The fourth-order valence-corrected chi connectivity index (χ4v) is 9.21. The van der Waals surface area contributed by atoms with E-state index in [1.54, 1.807) is 0 Å². The van der Waals surface area contributed by atoms with Crippen LogP contribution in [0.2, 0.25) is 0 Å². The summed E-state index contributed by atoms with van der Waals surface area (Å²) in [5.74, 6) is 1.70. The molecule has 0 saturated heterocycles. The first-order chi connectivity index (χ1) is 26.3. The number of ether oxygens (including phenoxy) is 1. The van der Waals surface area contributed by atoms with Crippen molar-refractivity contribution in [2.75, 3.05) is 9.80 Å². The van der Waals surface area contributed by atoms with E-state index in [0.717, 1.165) is 45.4 Å². The van der Waals surface area contributed by atoms with Crippen LogP contribution < -0.4 is 30.9 Å². The van der Waals surface area contributed by atoms with Crippen molar-refractivity contribution in [1.29, 1.82) is 0 Å². The third-order valence-corrected chi connectivity index (χ3v) is 11.3. The molecule has 3 aliphatic heterocycles. The van der Waals surface area contributed by atoms with Gasteiger partial charge in [0.1, 0.15) is 0 Å². The minimum Gasteiger partial charge on any atom is -0.453 e. The van der Waals surface area contributed by atoms with Gasteiger partial charge in [0.15, 0.2) is 11.5 Å². The molecule has 1 aromatic heterocycles. The molecule has 0 unspecified atom stereocenters. The molecule has 12 rings (SSSR count). The lowest BCUT2D eigenvalue weighted by Gasteiger charge is -2.40. The molecule has 0 radical (unpaired) electrons. The molecule has 53 heavy (non-hydrogen) atoms. The van der Waals surface area contributed by atoms with Crippen molar-refractivity contribution in [3.05, 3.63) is 182 Å². The van der Waals surface area contributed by atoms with Gasteiger partial charge in [-0.1, -0.05) is 109 Å². The number of fused-ring (bicyclic) bond motifs is 9. The second-order valence-corrected chi connectivity index (χ2v) is 14.1. The van der Waals surface area contributed by atoms with E-state index in [1.807, 2.05) is 24.3 Å². The van der Waals surface area contributed by atoms with E-state index in [9.17, 15) is 0 Å². The Bertz CT molecular complexity index is 2940. The monoisotopic (exact) mass is 675 g/mol. The third kappa shape index (κ3) is 3.96. The van der Waals surface area contributed by atoms with Gasteiger partial charge in [-0.25, -0.2) is 0 Å². The van der Waals surface area contributed by atoms with E-state index in [0.29, 0.717) is 0 Å². The predicted octanol–water partition coefficient (Wildman–Crippen LogP) is 10.6. The topological polar surface area (TPSA) is 20.6 Å². The van der Waals surface area contributed by atoms with Gasteiger partial charge in [-0.15, -0.1) is 0 Å². The molecule has 0 spiro atoms. The summed E-state index contributed by atoms with van der Waals surface area (Å²) < 4.78 is 8.82. The standard InChI is InChI=1S/C48H30BN3O/c1-3-21-39-35(17-1)36-18-11-20-38-48(36)52(39)44-26-12-25-43-47(44)49(38)37-19-2-4-22-40(37)50(43)33-15-9-13-31(29-33)32-14-10-16-34(30-32)51-41-23-5-7-27-45(41)53-46-28-8-6-24-42(46)51/h1-30H. The summed E-state index contributed by atoms with van der Waals surface area (Å²) in [6.45, 7) is 0.133. The maximum Gasteiger partial charge on any atom is 0.252 e. The zero-order valence-corrected chi connectivity index (χ0v) is 28.6. The van der Waals surface area contributed by atoms with Crippen LogP contribution in [-0.2, 0) is 0 Å². The highest BCUT2D eigenvalue weighted by molar-refractivity contribution is 7.00. The molecule has 0 aliphatic carbocycles. The average Bonchev–Trinajstić information content (AvgIpc) is 3.56. The van der Waals surface area contributed by atoms with Gasteiger partial charge in [0.25, 0.3) is 6.71 Å². The smallest absolute Gasteiger partial charge is 0.252 e. The fraction of sp³-hybridized carbons (Fsp3) is 0. The van der Waals surface area contributed by atoms with Crippen LogP contribution in [0.5, 0.6) is 11.5 Å². The highest BCUT2D eigenvalue weighted by Gasteiger charge is 2.41. The van der Waals surface area contributed by atoms with Crippen molar-refractivity contribution >= 4 is 79.0 Å². The van der Waals surface area contributed by atoms with Crippen LogP contribution >= 0.6 is 0 Å². The summed E-state index contributed by atoms with van der Waals surface area (Å²) in [5, 5.41) is 2.61.